The summed E-state index contributed by atoms with van der Waals surface area (Å²) in [6.07, 6.45) is -1.81. The Morgan fingerprint density at radius 3 is 2.69 bits per heavy atom. The van der Waals surface area contributed by atoms with Gasteiger partial charge in [0.1, 0.15) is 6.10 Å². The zero-order valence-electron chi connectivity index (χ0n) is 7.38. The standard InChI is InChI=1S/C9H13NO2S/c1-6-3-2-4-7(10-6)9(12)8(11)5-13/h2-4,8-9,11-13H,5H2,1H3. The monoisotopic (exact) mass is 199 g/mol. The van der Waals surface area contributed by atoms with Crippen molar-refractivity contribution in [2.24, 2.45) is 0 Å². The Labute approximate surface area is 82.9 Å². The van der Waals surface area contributed by atoms with Crippen LogP contribution in [0.15, 0.2) is 18.2 Å². The van der Waals surface area contributed by atoms with Crippen LogP contribution in [0.25, 0.3) is 0 Å². The fourth-order valence-electron chi connectivity index (χ4n) is 1.03. The van der Waals surface area contributed by atoms with E-state index in [1.165, 1.54) is 0 Å². The average Bonchev–Trinajstić information content (AvgIpc) is 2.15. The van der Waals surface area contributed by atoms with Crippen LogP contribution in [0.1, 0.15) is 17.5 Å². The number of hydrogen-bond acceptors (Lipinski definition) is 4. The van der Waals surface area contributed by atoms with Crippen LogP contribution in [0, 0.1) is 6.92 Å². The Morgan fingerprint density at radius 1 is 1.46 bits per heavy atom. The van der Waals surface area contributed by atoms with Crippen molar-refractivity contribution >= 4 is 12.6 Å². The third-order valence-corrected chi connectivity index (χ3v) is 2.14. The first kappa shape index (κ1) is 10.5. The number of aromatic nitrogens is 1. The van der Waals surface area contributed by atoms with Crippen molar-refractivity contribution in [3.05, 3.63) is 29.6 Å². The van der Waals surface area contributed by atoms with Gasteiger partial charge in [0.2, 0.25) is 0 Å². The van der Waals surface area contributed by atoms with Crippen LogP contribution in [0.5, 0.6) is 0 Å². The maximum Gasteiger partial charge on any atom is 0.123 e. The third-order valence-electron chi connectivity index (χ3n) is 1.76. The van der Waals surface area contributed by atoms with Gasteiger partial charge in [0.05, 0.1) is 11.8 Å². The van der Waals surface area contributed by atoms with Crippen LogP contribution >= 0.6 is 12.6 Å². The molecule has 0 saturated heterocycles. The van der Waals surface area contributed by atoms with E-state index in [0.717, 1.165) is 5.69 Å². The molecule has 1 rings (SSSR count). The van der Waals surface area contributed by atoms with Gasteiger partial charge in [0.25, 0.3) is 0 Å². The van der Waals surface area contributed by atoms with E-state index in [9.17, 15) is 10.2 Å². The summed E-state index contributed by atoms with van der Waals surface area (Å²) in [5, 5.41) is 18.9. The molecule has 2 atom stereocenters. The van der Waals surface area contributed by atoms with E-state index in [4.69, 9.17) is 0 Å². The molecule has 0 radical (unpaired) electrons. The molecule has 0 aromatic carbocycles. The van der Waals surface area contributed by atoms with Gasteiger partial charge in [-0.15, -0.1) is 0 Å². The molecule has 0 saturated carbocycles. The summed E-state index contributed by atoms with van der Waals surface area (Å²) >= 11 is 3.89. The van der Waals surface area contributed by atoms with Crippen molar-refractivity contribution in [2.45, 2.75) is 19.1 Å². The van der Waals surface area contributed by atoms with Crippen molar-refractivity contribution in [1.29, 1.82) is 0 Å². The lowest BCUT2D eigenvalue weighted by molar-refractivity contribution is 0.0309. The number of thiol groups is 1. The third kappa shape index (κ3) is 2.69. The van der Waals surface area contributed by atoms with Crippen LogP contribution in [0.3, 0.4) is 0 Å². The molecular weight excluding hydrogens is 186 g/mol. The molecule has 0 aliphatic carbocycles. The van der Waals surface area contributed by atoms with Crippen LogP contribution < -0.4 is 0 Å². The molecule has 0 amide bonds. The highest BCUT2D eigenvalue weighted by Crippen LogP contribution is 2.15. The Morgan fingerprint density at radius 2 is 2.15 bits per heavy atom. The molecule has 2 N–H and O–H groups in total. The van der Waals surface area contributed by atoms with E-state index >= 15 is 0 Å². The van der Waals surface area contributed by atoms with E-state index < -0.39 is 12.2 Å². The summed E-state index contributed by atoms with van der Waals surface area (Å²) in [5.41, 5.74) is 1.31. The van der Waals surface area contributed by atoms with E-state index in [-0.39, 0.29) is 5.75 Å². The van der Waals surface area contributed by atoms with Gasteiger partial charge < -0.3 is 10.2 Å². The number of aliphatic hydroxyl groups is 2. The number of nitrogens with zero attached hydrogens (tertiary/aromatic N) is 1. The molecule has 1 heterocycles. The Balaban J connectivity index is 2.82. The summed E-state index contributed by atoms with van der Waals surface area (Å²) in [4.78, 5) is 4.10. The van der Waals surface area contributed by atoms with Gasteiger partial charge in [-0.25, -0.2) is 0 Å². The van der Waals surface area contributed by atoms with Gasteiger partial charge in [-0.1, -0.05) is 6.07 Å². The minimum atomic E-state index is -0.947. The lowest BCUT2D eigenvalue weighted by Crippen LogP contribution is -2.20. The molecular formula is C9H13NO2S. The largest absolute Gasteiger partial charge is 0.389 e. The smallest absolute Gasteiger partial charge is 0.123 e. The number of aryl methyl sites for hydroxylation is 1. The Hall–Kier alpha value is -0.580. The van der Waals surface area contributed by atoms with Crippen LogP contribution in [0.4, 0.5) is 0 Å². The second kappa shape index (κ2) is 4.60. The van der Waals surface area contributed by atoms with Crippen molar-refractivity contribution in [1.82, 2.24) is 4.98 Å². The molecule has 2 unspecified atom stereocenters. The fraction of sp³-hybridized carbons (Fsp3) is 0.444. The SMILES string of the molecule is Cc1cccc(C(O)C(O)CS)n1. The van der Waals surface area contributed by atoms with Gasteiger partial charge in [0.15, 0.2) is 0 Å². The predicted molar refractivity (Wildman–Crippen MR) is 53.8 cm³/mol. The average molecular weight is 199 g/mol. The summed E-state index contributed by atoms with van der Waals surface area (Å²) in [6.45, 7) is 1.84. The second-order valence-corrected chi connectivity index (χ2v) is 3.26. The molecule has 3 nitrogen and oxygen atoms in total. The summed E-state index contributed by atoms with van der Waals surface area (Å²) in [6, 6.07) is 5.32. The van der Waals surface area contributed by atoms with E-state index in [1.54, 1.807) is 12.1 Å². The van der Waals surface area contributed by atoms with Crippen LogP contribution in [0.2, 0.25) is 0 Å². The summed E-state index contributed by atoms with van der Waals surface area (Å²) < 4.78 is 0. The number of pyridine rings is 1. The minimum absolute atomic E-state index is 0.219. The normalized spacial score (nSPS) is 15.4. The molecule has 0 spiro atoms. The minimum Gasteiger partial charge on any atom is -0.389 e. The Bertz CT molecular complexity index is 280. The van der Waals surface area contributed by atoms with E-state index in [0.29, 0.717) is 5.69 Å². The zero-order valence-corrected chi connectivity index (χ0v) is 8.28. The highest BCUT2D eigenvalue weighted by molar-refractivity contribution is 7.80. The fourth-order valence-corrected chi connectivity index (χ4v) is 1.23. The number of aliphatic hydroxyl groups excluding tert-OH is 2. The van der Waals surface area contributed by atoms with Gasteiger partial charge in [-0.05, 0) is 19.1 Å². The highest BCUT2D eigenvalue weighted by atomic mass is 32.1. The molecule has 1 aromatic heterocycles. The molecule has 13 heavy (non-hydrogen) atoms. The molecule has 4 heteroatoms. The first-order chi connectivity index (χ1) is 6.15. The maximum absolute atomic E-state index is 9.55. The van der Waals surface area contributed by atoms with E-state index in [1.807, 2.05) is 13.0 Å². The van der Waals surface area contributed by atoms with Crippen molar-refractivity contribution in [2.75, 3.05) is 5.75 Å². The first-order valence-corrected chi connectivity index (χ1v) is 4.69. The maximum atomic E-state index is 9.55. The molecule has 0 fully saturated rings. The summed E-state index contributed by atoms with van der Waals surface area (Å²) in [5.74, 6) is 0.219. The molecule has 72 valence electrons. The second-order valence-electron chi connectivity index (χ2n) is 2.90. The van der Waals surface area contributed by atoms with Gasteiger partial charge in [-0.2, -0.15) is 12.6 Å². The first-order valence-electron chi connectivity index (χ1n) is 4.05. The van der Waals surface area contributed by atoms with Gasteiger partial charge >= 0.3 is 0 Å². The summed E-state index contributed by atoms with van der Waals surface area (Å²) in [7, 11) is 0. The zero-order chi connectivity index (χ0) is 9.84. The molecule has 1 aromatic rings. The number of rotatable bonds is 3. The number of hydrogen-bond donors (Lipinski definition) is 3. The molecule has 0 aliphatic heterocycles. The highest BCUT2D eigenvalue weighted by Gasteiger charge is 2.17. The van der Waals surface area contributed by atoms with Crippen molar-refractivity contribution in [3.63, 3.8) is 0 Å². The van der Waals surface area contributed by atoms with Crippen LogP contribution in [-0.2, 0) is 0 Å². The quantitative estimate of drug-likeness (QED) is 0.629. The molecule has 0 bridgehead atoms. The van der Waals surface area contributed by atoms with Crippen LogP contribution in [-0.4, -0.2) is 27.1 Å². The molecule has 0 aliphatic rings. The van der Waals surface area contributed by atoms with Gasteiger partial charge in [-0.3, -0.25) is 4.98 Å². The topological polar surface area (TPSA) is 53.4 Å². The van der Waals surface area contributed by atoms with Crippen molar-refractivity contribution < 1.29 is 10.2 Å². The predicted octanol–water partition coefficient (Wildman–Crippen LogP) is 0.714. The van der Waals surface area contributed by atoms with E-state index in [2.05, 4.69) is 17.6 Å². The lowest BCUT2D eigenvalue weighted by atomic mass is 10.1. The van der Waals surface area contributed by atoms with Crippen molar-refractivity contribution in [3.8, 4) is 0 Å². The Kier molecular flexibility index (Phi) is 3.71. The van der Waals surface area contributed by atoms with Gasteiger partial charge in [0, 0.05) is 11.4 Å². The lowest BCUT2D eigenvalue weighted by Gasteiger charge is -2.15.